The molecule has 3 heteroatoms. The van der Waals surface area contributed by atoms with Gasteiger partial charge in [0.15, 0.2) is 0 Å². The van der Waals surface area contributed by atoms with E-state index in [1.54, 1.807) is 0 Å². The second-order valence-electron chi connectivity index (χ2n) is 11.2. The quantitative estimate of drug-likeness (QED) is 0.239. The van der Waals surface area contributed by atoms with Gasteiger partial charge in [-0.1, -0.05) is 58.9 Å². The molecule has 3 aromatic heterocycles. The predicted octanol–water partition coefficient (Wildman–Crippen LogP) is 10.3. The Kier molecular flexibility index (Phi) is 5.28. The molecule has 0 saturated heterocycles. The summed E-state index contributed by atoms with van der Waals surface area (Å²) in [7, 11) is 0. The number of aryl methyl sites for hydroxylation is 1. The summed E-state index contributed by atoms with van der Waals surface area (Å²) in [5, 5.41) is 6.66. The van der Waals surface area contributed by atoms with Crippen molar-refractivity contribution in [2.45, 2.75) is 53.4 Å². The Morgan fingerprint density at radius 1 is 0.829 bits per heavy atom. The summed E-state index contributed by atoms with van der Waals surface area (Å²) >= 11 is 3.87. The second kappa shape index (κ2) is 8.15. The maximum atomic E-state index is 4.98. The number of nitrogens with zero attached hydrogens (tertiary/aromatic N) is 1. The van der Waals surface area contributed by atoms with E-state index in [9.17, 15) is 0 Å². The average Bonchev–Trinajstić information content (AvgIpc) is 3.32. The van der Waals surface area contributed by atoms with Gasteiger partial charge in [-0.05, 0) is 82.3 Å². The highest BCUT2D eigenvalue weighted by Gasteiger charge is 2.21. The summed E-state index contributed by atoms with van der Waals surface area (Å²) in [6.07, 6.45) is 3.13. The second-order valence-corrected chi connectivity index (χ2v) is 13.4. The minimum atomic E-state index is 0.0493. The van der Waals surface area contributed by atoms with Gasteiger partial charge in [-0.25, -0.2) is 0 Å². The van der Waals surface area contributed by atoms with Gasteiger partial charge in [0.2, 0.25) is 0 Å². The number of benzene rings is 3. The molecule has 3 aromatic carbocycles. The number of rotatable bonds is 3. The van der Waals surface area contributed by atoms with E-state index >= 15 is 0 Å². The lowest BCUT2D eigenvalue weighted by molar-refractivity contribution is 0.596. The summed E-state index contributed by atoms with van der Waals surface area (Å²) in [5.74, 6) is 0.671. The zero-order chi connectivity index (χ0) is 24.5. The smallest absolute Gasteiger partial charge is 0.0795 e. The molecule has 3 heterocycles. The number of hydrogen-bond donors (Lipinski definition) is 0. The van der Waals surface area contributed by atoms with E-state index in [1.165, 1.54) is 62.6 Å². The number of fused-ring (bicyclic) bond motifs is 5. The number of thiophene rings is 2. The van der Waals surface area contributed by atoms with Crippen LogP contribution in [-0.4, -0.2) is 4.98 Å². The normalized spacial score (nSPS) is 12.7. The summed E-state index contributed by atoms with van der Waals surface area (Å²) in [5.41, 5.74) is 5.19. The largest absolute Gasteiger partial charge is 0.256 e. The Balaban J connectivity index is 1.64. The van der Waals surface area contributed by atoms with Crippen molar-refractivity contribution in [1.82, 2.24) is 4.98 Å². The molecule has 0 atom stereocenters. The van der Waals surface area contributed by atoms with Crippen molar-refractivity contribution in [2.75, 3.05) is 0 Å². The van der Waals surface area contributed by atoms with Crippen LogP contribution < -0.4 is 0 Å². The van der Waals surface area contributed by atoms with Gasteiger partial charge in [0.1, 0.15) is 0 Å². The maximum absolute atomic E-state index is 4.98. The van der Waals surface area contributed by atoms with E-state index in [4.69, 9.17) is 4.98 Å². The van der Waals surface area contributed by atoms with E-state index in [0.29, 0.717) is 5.92 Å². The molecule has 0 N–H and O–H groups in total. The van der Waals surface area contributed by atoms with Crippen LogP contribution in [0.5, 0.6) is 0 Å². The lowest BCUT2D eigenvalue weighted by Crippen LogP contribution is -2.12. The number of pyridine rings is 1. The van der Waals surface area contributed by atoms with Crippen LogP contribution in [0.2, 0.25) is 0 Å². The van der Waals surface area contributed by atoms with Crippen LogP contribution >= 0.6 is 22.7 Å². The Morgan fingerprint density at radius 2 is 1.57 bits per heavy atom. The Hall–Kier alpha value is -2.75. The molecule has 0 aliphatic carbocycles. The van der Waals surface area contributed by atoms with E-state index in [-0.39, 0.29) is 5.41 Å². The van der Waals surface area contributed by atoms with Crippen LogP contribution in [0.25, 0.3) is 52.3 Å². The van der Waals surface area contributed by atoms with Crippen molar-refractivity contribution in [3.05, 3.63) is 76.8 Å². The Labute approximate surface area is 215 Å². The van der Waals surface area contributed by atoms with Crippen molar-refractivity contribution >= 4 is 63.7 Å². The lowest BCUT2D eigenvalue weighted by Gasteiger charge is -2.23. The van der Waals surface area contributed by atoms with Gasteiger partial charge < -0.3 is 0 Å². The van der Waals surface area contributed by atoms with Crippen LogP contribution in [0.15, 0.2) is 60.8 Å². The SMILES string of the molecule is Cc1c(CC(C)C)sc2cc3c(cc12)sc1ccnc(-c2cc(C(C)(C)C)c4ccccc4c2)c13. The van der Waals surface area contributed by atoms with Crippen molar-refractivity contribution in [3.63, 3.8) is 0 Å². The van der Waals surface area contributed by atoms with E-state index in [1.807, 2.05) is 28.9 Å². The molecule has 0 amide bonds. The highest BCUT2D eigenvalue weighted by Crippen LogP contribution is 2.44. The highest BCUT2D eigenvalue weighted by atomic mass is 32.1. The minimum absolute atomic E-state index is 0.0493. The standard InChI is InChI=1S/C32H31NS2/c1-18(2)13-27-19(3)23-16-29-24(17-28(23)35-27)30-26(34-29)11-12-33-31(30)21-14-20-9-7-8-10-22(20)25(15-21)32(4,5)6/h7-12,14-18H,13H2,1-6H3. The van der Waals surface area contributed by atoms with E-state index < -0.39 is 0 Å². The van der Waals surface area contributed by atoms with Crippen LogP contribution in [-0.2, 0) is 11.8 Å². The third kappa shape index (κ3) is 3.77. The fourth-order valence-corrected chi connectivity index (χ4v) is 7.90. The van der Waals surface area contributed by atoms with Crippen LogP contribution in [0, 0.1) is 12.8 Å². The van der Waals surface area contributed by atoms with Crippen LogP contribution in [0.3, 0.4) is 0 Å². The average molecular weight is 494 g/mol. The highest BCUT2D eigenvalue weighted by molar-refractivity contribution is 7.26. The zero-order valence-electron chi connectivity index (χ0n) is 21.3. The molecule has 1 nitrogen and oxygen atoms in total. The molecule has 0 aliphatic rings. The Morgan fingerprint density at radius 3 is 2.34 bits per heavy atom. The molecule has 6 aromatic rings. The van der Waals surface area contributed by atoms with Gasteiger partial charge in [-0.15, -0.1) is 22.7 Å². The first-order valence-electron chi connectivity index (χ1n) is 12.5. The van der Waals surface area contributed by atoms with Gasteiger partial charge in [-0.2, -0.15) is 0 Å². The molecule has 176 valence electrons. The number of aromatic nitrogens is 1. The summed E-state index contributed by atoms with van der Waals surface area (Å²) in [6, 6.07) is 20.5. The van der Waals surface area contributed by atoms with Crippen molar-refractivity contribution in [1.29, 1.82) is 0 Å². The number of hydrogen-bond acceptors (Lipinski definition) is 3. The molecule has 0 bridgehead atoms. The van der Waals surface area contributed by atoms with Gasteiger partial charge in [-0.3, -0.25) is 4.98 Å². The summed E-state index contributed by atoms with van der Waals surface area (Å²) in [4.78, 5) is 6.51. The van der Waals surface area contributed by atoms with Crippen molar-refractivity contribution in [2.24, 2.45) is 5.92 Å². The van der Waals surface area contributed by atoms with Crippen LogP contribution in [0.4, 0.5) is 0 Å². The molecule has 6 rings (SSSR count). The molecule has 0 unspecified atom stereocenters. The van der Waals surface area contributed by atoms with Crippen molar-refractivity contribution < 1.29 is 0 Å². The third-order valence-corrected chi connectivity index (χ3v) is 9.47. The van der Waals surface area contributed by atoms with Gasteiger partial charge in [0, 0.05) is 41.5 Å². The fraction of sp³-hybridized carbons (Fsp3) is 0.281. The Bertz CT molecular complexity index is 1740. The van der Waals surface area contributed by atoms with E-state index in [0.717, 1.165) is 12.1 Å². The summed E-state index contributed by atoms with van der Waals surface area (Å²) in [6.45, 7) is 13.8. The maximum Gasteiger partial charge on any atom is 0.0795 e. The zero-order valence-corrected chi connectivity index (χ0v) is 23.0. The molecule has 0 fully saturated rings. The molecular formula is C32H31NS2. The van der Waals surface area contributed by atoms with Crippen molar-refractivity contribution in [3.8, 4) is 11.3 Å². The topological polar surface area (TPSA) is 12.9 Å². The predicted molar refractivity (Wildman–Crippen MR) is 157 cm³/mol. The fourth-order valence-electron chi connectivity index (χ4n) is 5.34. The molecule has 0 spiro atoms. The molecule has 35 heavy (non-hydrogen) atoms. The minimum Gasteiger partial charge on any atom is -0.256 e. The summed E-state index contributed by atoms with van der Waals surface area (Å²) < 4.78 is 4.07. The first-order chi connectivity index (χ1) is 16.7. The van der Waals surface area contributed by atoms with E-state index in [2.05, 4.69) is 96.1 Å². The monoisotopic (exact) mass is 493 g/mol. The van der Waals surface area contributed by atoms with Gasteiger partial charge in [0.25, 0.3) is 0 Å². The first-order valence-corrected chi connectivity index (χ1v) is 14.1. The molecule has 0 aliphatic heterocycles. The third-order valence-electron chi connectivity index (χ3n) is 7.08. The van der Waals surface area contributed by atoms with Gasteiger partial charge in [0.05, 0.1) is 5.69 Å². The van der Waals surface area contributed by atoms with Crippen LogP contribution in [0.1, 0.15) is 50.6 Å². The molecule has 0 saturated carbocycles. The first kappa shape index (κ1) is 22.7. The van der Waals surface area contributed by atoms with Gasteiger partial charge >= 0.3 is 0 Å². The lowest BCUT2D eigenvalue weighted by atomic mass is 9.82. The molecular weight excluding hydrogens is 462 g/mol. The molecule has 0 radical (unpaired) electrons.